The summed E-state index contributed by atoms with van der Waals surface area (Å²) in [4.78, 5) is 30.0. The Morgan fingerprint density at radius 3 is 2.68 bits per heavy atom. The maximum absolute atomic E-state index is 13.3. The topological polar surface area (TPSA) is 88.6 Å². The summed E-state index contributed by atoms with van der Waals surface area (Å²) in [5, 5.41) is 3.00. The molecule has 31 heavy (non-hydrogen) atoms. The number of para-hydroxylation sites is 2. The van der Waals surface area contributed by atoms with Crippen molar-refractivity contribution in [3.8, 4) is 17.2 Å². The van der Waals surface area contributed by atoms with Crippen molar-refractivity contribution in [2.45, 2.75) is 25.8 Å². The molecule has 1 saturated heterocycles. The average Bonchev–Trinajstić information content (AvgIpc) is 3.40. The molecule has 2 N–H and O–H groups in total. The molecule has 0 aliphatic carbocycles. The number of imidazole rings is 1. The highest BCUT2D eigenvalue weighted by molar-refractivity contribution is 5.92. The molecule has 0 radical (unpaired) electrons. The molecule has 0 saturated carbocycles. The van der Waals surface area contributed by atoms with Crippen LogP contribution in [0.5, 0.6) is 11.5 Å². The fourth-order valence-electron chi connectivity index (χ4n) is 4.14. The molecule has 3 aromatic rings. The zero-order chi connectivity index (χ0) is 22.0. The number of ether oxygens (including phenoxy) is 2. The number of amides is 2. The van der Waals surface area contributed by atoms with E-state index in [-0.39, 0.29) is 17.8 Å². The summed E-state index contributed by atoms with van der Waals surface area (Å²) in [7, 11) is 3.23. The maximum Gasteiger partial charge on any atom is 0.330 e. The number of nitrogens with zero attached hydrogens (tertiary/aromatic N) is 2. The Kier molecular flexibility index (Phi) is 5.70. The number of H-pyrrole nitrogens is 1. The first kappa shape index (κ1) is 20.6. The van der Waals surface area contributed by atoms with Crippen LogP contribution in [0.1, 0.15) is 30.1 Å². The number of aromatic amines is 1. The summed E-state index contributed by atoms with van der Waals surface area (Å²) < 4.78 is 12.4. The van der Waals surface area contributed by atoms with E-state index in [1.165, 1.54) is 0 Å². The minimum absolute atomic E-state index is 0.107. The highest BCUT2D eigenvalue weighted by Gasteiger charge is 2.32. The van der Waals surface area contributed by atoms with E-state index in [9.17, 15) is 9.59 Å². The van der Waals surface area contributed by atoms with Crippen molar-refractivity contribution in [1.82, 2.24) is 14.5 Å². The Morgan fingerprint density at radius 2 is 1.97 bits per heavy atom. The molecule has 1 atom stereocenters. The normalized spacial score (nSPS) is 15.7. The maximum atomic E-state index is 13.3. The number of nitrogens with one attached hydrogen (secondary N) is 2. The Morgan fingerprint density at radius 1 is 1.16 bits per heavy atom. The summed E-state index contributed by atoms with van der Waals surface area (Å²) in [6, 6.07) is 12.6. The second-order valence-corrected chi connectivity index (χ2v) is 7.48. The van der Waals surface area contributed by atoms with Gasteiger partial charge >= 0.3 is 11.7 Å². The third kappa shape index (κ3) is 3.88. The minimum atomic E-state index is -0.249. The number of methoxy groups -OCH3 is 2. The number of aromatic nitrogens is 2. The number of carbonyl (C=O) groups excluding carboxylic acids is 1. The summed E-state index contributed by atoms with van der Waals surface area (Å²) in [6.45, 7) is 2.47. The van der Waals surface area contributed by atoms with Gasteiger partial charge in [0.2, 0.25) is 0 Å². The Hall–Kier alpha value is -3.68. The molecular weight excluding hydrogens is 396 g/mol. The molecule has 8 nitrogen and oxygen atoms in total. The van der Waals surface area contributed by atoms with E-state index in [1.807, 2.05) is 48.2 Å². The van der Waals surface area contributed by atoms with Crippen molar-refractivity contribution in [3.63, 3.8) is 0 Å². The summed E-state index contributed by atoms with van der Waals surface area (Å²) in [5.41, 5.74) is 2.65. The van der Waals surface area contributed by atoms with Crippen LogP contribution in [0.3, 0.4) is 0 Å². The van der Waals surface area contributed by atoms with E-state index < -0.39 is 0 Å². The third-order valence-corrected chi connectivity index (χ3v) is 5.66. The number of rotatable bonds is 5. The fourth-order valence-corrected chi connectivity index (χ4v) is 4.14. The van der Waals surface area contributed by atoms with Crippen molar-refractivity contribution in [3.05, 3.63) is 70.4 Å². The van der Waals surface area contributed by atoms with Crippen molar-refractivity contribution >= 4 is 11.7 Å². The highest BCUT2D eigenvalue weighted by Crippen LogP contribution is 2.39. The number of anilines is 1. The van der Waals surface area contributed by atoms with Crippen LogP contribution >= 0.6 is 0 Å². The van der Waals surface area contributed by atoms with Gasteiger partial charge in [0.15, 0.2) is 0 Å². The first-order valence-corrected chi connectivity index (χ1v) is 10.2. The van der Waals surface area contributed by atoms with Crippen LogP contribution in [0, 0.1) is 6.92 Å². The summed E-state index contributed by atoms with van der Waals surface area (Å²) >= 11 is 0. The predicted octanol–water partition coefficient (Wildman–Crippen LogP) is 3.86. The molecule has 2 heterocycles. The molecule has 1 aliphatic rings. The Balaban J connectivity index is 1.62. The smallest absolute Gasteiger partial charge is 0.330 e. The molecular formula is C23H26N4O4. The second kappa shape index (κ2) is 8.59. The number of likely N-dealkylation sites (tertiary alicyclic amines) is 1. The minimum Gasteiger partial charge on any atom is -0.497 e. The number of carbonyl (C=O) groups is 1. The van der Waals surface area contributed by atoms with E-state index in [0.29, 0.717) is 29.4 Å². The van der Waals surface area contributed by atoms with Gasteiger partial charge in [-0.3, -0.25) is 4.57 Å². The number of hydrogen-bond donors (Lipinski definition) is 2. The zero-order valence-corrected chi connectivity index (χ0v) is 17.8. The summed E-state index contributed by atoms with van der Waals surface area (Å²) in [5.74, 6) is 1.40. The molecule has 2 aromatic carbocycles. The molecule has 1 unspecified atom stereocenters. The second-order valence-electron chi connectivity index (χ2n) is 7.48. The Bertz CT molecular complexity index is 1150. The molecule has 0 bridgehead atoms. The predicted molar refractivity (Wildman–Crippen MR) is 118 cm³/mol. The van der Waals surface area contributed by atoms with E-state index in [2.05, 4.69) is 10.3 Å². The van der Waals surface area contributed by atoms with Gasteiger partial charge in [0.05, 0.1) is 31.6 Å². The quantitative estimate of drug-likeness (QED) is 0.654. The first-order valence-electron chi connectivity index (χ1n) is 10.2. The number of benzene rings is 2. The Labute approximate surface area is 180 Å². The molecule has 1 aromatic heterocycles. The molecule has 1 aliphatic heterocycles. The van der Waals surface area contributed by atoms with Gasteiger partial charge in [-0.25, -0.2) is 9.59 Å². The molecule has 8 heteroatoms. The van der Waals surface area contributed by atoms with Crippen LogP contribution in [0.15, 0.2) is 53.5 Å². The van der Waals surface area contributed by atoms with Gasteiger partial charge in [0, 0.05) is 30.1 Å². The van der Waals surface area contributed by atoms with Crippen molar-refractivity contribution in [2.24, 2.45) is 0 Å². The van der Waals surface area contributed by atoms with Gasteiger partial charge in [0.25, 0.3) is 0 Å². The van der Waals surface area contributed by atoms with Gasteiger partial charge in [-0.05, 0) is 44.0 Å². The molecule has 162 valence electrons. The first-order chi connectivity index (χ1) is 15.0. The largest absolute Gasteiger partial charge is 0.497 e. The van der Waals surface area contributed by atoms with Crippen LogP contribution in [0.4, 0.5) is 10.5 Å². The van der Waals surface area contributed by atoms with Crippen molar-refractivity contribution < 1.29 is 14.3 Å². The van der Waals surface area contributed by atoms with Crippen LogP contribution in [-0.4, -0.2) is 41.2 Å². The van der Waals surface area contributed by atoms with E-state index >= 15 is 0 Å². The van der Waals surface area contributed by atoms with Gasteiger partial charge in [-0.1, -0.05) is 12.1 Å². The lowest BCUT2D eigenvalue weighted by Crippen LogP contribution is -2.35. The lowest BCUT2D eigenvalue weighted by atomic mass is 10.0. The van der Waals surface area contributed by atoms with Crippen molar-refractivity contribution in [1.29, 1.82) is 0 Å². The lowest BCUT2D eigenvalue weighted by Gasteiger charge is -2.27. The van der Waals surface area contributed by atoms with Gasteiger partial charge < -0.3 is 24.7 Å². The molecule has 4 rings (SSSR count). The van der Waals surface area contributed by atoms with Crippen LogP contribution in [0.2, 0.25) is 0 Å². The van der Waals surface area contributed by atoms with Crippen LogP contribution in [0.25, 0.3) is 5.69 Å². The van der Waals surface area contributed by atoms with E-state index in [4.69, 9.17) is 9.47 Å². The zero-order valence-electron chi connectivity index (χ0n) is 17.8. The van der Waals surface area contributed by atoms with Gasteiger partial charge in [-0.15, -0.1) is 0 Å². The molecule has 1 fully saturated rings. The van der Waals surface area contributed by atoms with Crippen molar-refractivity contribution in [2.75, 3.05) is 26.1 Å². The standard InChI is InChI=1S/C23H26N4O4/c1-15-14-24-22(28)27(15)20-8-5-4-7-18(20)25-23(29)26-12-6-9-19(26)17-11-10-16(30-2)13-21(17)31-3/h4-5,7-8,10-11,13-14,19H,6,9,12H2,1-3H3,(H,24,28)(H,25,29). The average molecular weight is 422 g/mol. The number of hydrogen-bond acceptors (Lipinski definition) is 4. The van der Waals surface area contributed by atoms with E-state index in [0.717, 1.165) is 24.1 Å². The number of aryl methyl sites for hydroxylation is 1. The molecule has 2 amide bonds. The van der Waals surface area contributed by atoms with Crippen LogP contribution < -0.4 is 20.5 Å². The monoisotopic (exact) mass is 422 g/mol. The van der Waals surface area contributed by atoms with Gasteiger partial charge in [-0.2, -0.15) is 0 Å². The molecule has 0 spiro atoms. The van der Waals surface area contributed by atoms with E-state index in [1.54, 1.807) is 31.0 Å². The number of urea groups is 1. The lowest BCUT2D eigenvalue weighted by molar-refractivity contribution is 0.206. The SMILES string of the molecule is COc1ccc(C2CCCN2C(=O)Nc2ccccc2-n2c(C)c[nH]c2=O)c(OC)c1. The fraction of sp³-hybridized carbons (Fsp3) is 0.304. The summed E-state index contributed by atoms with van der Waals surface area (Å²) in [6.07, 6.45) is 3.38. The van der Waals surface area contributed by atoms with Crippen LogP contribution in [-0.2, 0) is 0 Å². The van der Waals surface area contributed by atoms with Gasteiger partial charge in [0.1, 0.15) is 11.5 Å². The highest BCUT2D eigenvalue weighted by atomic mass is 16.5. The third-order valence-electron chi connectivity index (χ3n) is 5.66.